The lowest BCUT2D eigenvalue weighted by molar-refractivity contribution is 0.0935. The number of rotatable bonds is 7. The van der Waals surface area contributed by atoms with Gasteiger partial charge in [-0.15, -0.1) is 0 Å². The minimum Gasteiger partial charge on any atom is -0.385 e. The van der Waals surface area contributed by atoms with Crippen molar-refractivity contribution >= 4 is 11.6 Å². The van der Waals surface area contributed by atoms with Gasteiger partial charge in [-0.1, -0.05) is 20.8 Å². The summed E-state index contributed by atoms with van der Waals surface area (Å²) >= 11 is 0. The SMILES string of the molecule is CCCNc1ccc(C(=O)NC(CC)CC)cc1C. The van der Waals surface area contributed by atoms with Gasteiger partial charge in [0.25, 0.3) is 5.91 Å². The van der Waals surface area contributed by atoms with Crippen LogP contribution in [0.1, 0.15) is 56.0 Å². The molecule has 106 valence electrons. The van der Waals surface area contributed by atoms with Crippen molar-refractivity contribution in [1.29, 1.82) is 0 Å². The molecule has 0 saturated carbocycles. The molecule has 1 rings (SSSR count). The molecule has 0 heterocycles. The van der Waals surface area contributed by atoms with E-state index in [9.17, 15) is 4.79 Å². The number of anilines is 1. The van der Waals surface area contributed by atoms with Gasteiger partial charge in [0.15, 0.2) is 0 Å². The second-order valence-electron chi connectivity index (χ2n) is 4.94. The van der Waals surface area contributed by atoms with Gasteiger partial charge >= 0.3 is 0 Å². The maximum absolute atomic E-state index is 12.1. The normalized spacial score (nSPS) is 10.6. The van der Waals surface area contributed by atoms with E-state index in [4.69, 9.17) is 0 Å². The summed E-state index contributed by atoms with van der Waals surface area (Å²) in [5.41, 5.74) is 2.97. The molecule has 0 aliphatic heterocycles. The van der Waals surface area contributed by atoms with E-state index in [2.05, 4.69) is 31.4 Å². The maximum Gasteiger partial charge on any atom is 0.251 e. The third kappa shape index (κ3) is 4.58. The zero-order valence-electron chi connectivity index (χ0n) is 12.5. The Labute approximate surface area is 116 Å². The van der Waals surface area contributed by atoms with Crippen molar-refractivity contribution in [2.45, 2.75) is 53.0 Å². The number of carbonyl (C=O) groups is 1. The number of aryl methyl sites for hydroxylation is 1. The van der Waals surface area contributed by atoms with Crippen molar-refractivity contribution in [3.05, 3.63) is 29.3 Å². The Balaban J connectivity index is 2.74. The number of benzene rings is 1. The van der Waals surface area contributed by atoms with Crippen molar-refractivity contribution in [1.82, 2.24) is 5.32 Å². The van der Waals surface area contributed by atoms with E-state index in [1.807, 2.05) is 25.1 Å². The average molecular weight is 262 g/mol. The molecule has 3 heteroatoms. The van der Waals surface area contributed by atoms with E-state index in [1.54, 1.807) is 0 Å². The van der Waals surface area contributed by atoms with E-state index < -0.39 is 0 Å². The lowest BCUT2D eigenvalue weighted by Crippen LogP contribution is -2.33. The zero-order valence-corrected chi connectivity index (χ0v) is 12.5. The largest absolute Gasteiger partial charge is 0.385 e. The Kier molecular flexibility index (Phi) is 6.40. The summed E-state index contributed by atoms with van der Waals surface area (Å²) in [4.78, 5) is 12.1. The quantitative estimate of drug-likeness (QED) is 0.786. The first kappa shape index (κ1) is 15.5. The fourth-order valence-electron chi connectivity index (χ4n) is 2.02. The molecular formula is C16H26N2O. The predicted molar refractivity (Wildman–Crippen MR) is 81.8 cm³/mol. The minimum absolute atomic E-state index is 0.0267. The lowest BCUT2D eigenvalue weighted by atomic mass is 10.1. The highest BCUT2D eigenvalue weighted by molar-refractivity contribution is 5.95. The molecule has 0 aliphatic carbocycles. The van der Waals surface area contributed by atoms with E-state index >= 15 is 0 Å². The molecule has 0 bridgehead atoms. The van der Waals surface area contributed by atoms with E-state index in [-0.39, 0.29) is 11.9 Å². The number of carbonyl (C=O) groups excluding carboxylic acids is 1. The van der Waals surface area contributed by atoms with Crippen molar-refractivity contribution < 1.29 is 4.79 Å². The van der Waals surface area contributed by atoms with Gasteiger partial charge in [0.1, 0.15) is 0 Å². The van der Waals surface area contributed by atoms with Crippen LogP contribution in [-0.2, 0) is 0 Å². The first-order valence-electron chi connectivity index (χ1n) is 7.27. The van der Waals surface area contributed by atoms with Gasteiger partial charge in [-0.2, -0.15) is 0 Å². The van der Waals surface area contributed by atoms with Gasteiger partial charge in [0.2, 0.25) is 0 Å². The fraction of sp³-hybridized carbons (Fsp3) is 0.562. The molecule has 1 aromatic carbocycles. The maximum atomic E-state index is 12.1. The minimum atomic E-state index is 0.0267. The molecule has 0 atom stereocenters. The van der Waals surface area contributed by atoms with Crippen molar-refractivity contribution in [3.63, 3.8) is 0 Å². The highest BCUT2D eigenvalue weighted by Gasteiger charge is 2.11. The number of hydrogen-bond acceptors (Lipinski definition) is 2. The molecule has 0 aliphatic rings. The third-order valence-corrected chi connectivity index (χ3v) is 3.37. The topological polar surface area (TPSA) is 41.1 Å². The monoisotopic (exact) mass is 262 g/mol. The Morgan fingerprint density at radius 2 is 1.89 bits per heavy atom. The zero-order chi connectivity index (χ0) is 14.3. The van der Waals surface area contributed by atoms with Crippen LogP contribution in [0.25, 0.3) is 0 Å². The van der Waals surface area contributed by atoms with E-state index in [0.717, 1.165) is 42.6 Å². The number of nitrogens with one attached hydrogen (secondary N) is 2. The van der Waals surface area contributed by atoms with Crippen LogP contribution in [0.2, 0.25) is 0 Å². The predicted octanol–water partition coefficient (Wildman–Crippen LogP) is 3.74. The Morgan fingerprint density at radius 3 is 2.42 bits per heavy atom. The Bertz CT molecular complexity index is 411. The molecule has 0 saturated heterocycles. The van der Waals surface area contributed by atoms with E-state index in [0.29, 0.717) is 0 Å². The van der Waals surface area contributed by atoms with Crippen LogP contribution in [0, 0.1) is 6.92 Å². The second-order valence-corrected chi connectivity index (χ2v) is 4.94. The molecule has 1 amide bonds. The van der Waals surface area contributed by atoms with Crippen molar-refractivity contribution in [2.24, 2.45) is 0 Å². The summed E-state index contributed by atoms with van der Waals surface area (Å²) in [6.07, 6.45) is 3.03. The molecule has 0 unspecified atom stereocenters. The first-order valence-corrected chi connectivity index (χ1v) is 7.27. The fourth-order valence-corrected chi connectivity index (χ4v) is 2.02. The number of amides is 1. The number of hydrogen-bond donors (Lipinski definition) is 2. The summed E-state index contributed by atoms with van der Waals surface area (Å²) < 4.78 is 0. The van der Waals surface area contributed by atoms with Crippen LogP contribution < -0.4 is 10.6 Å². The molecule has 0 radical (unpaired) electrons. The van der Waals surface area contributed by atoms with Gasteiger partial charge < -0.3 is 10.6 Å². The van der Waals surface area contributed by atoms with Crippen LogP contribution in [0.5, 0.6) is 0 Å². The van der Waals surface area contributed by atoms with Gasteiger partial charge in [-0.05, 0) is 49.9 Å². The lowest BCUT2D eigenvalue weighted by Gasteiger charge is -2.15. The molecule has 0 spiro atoms. The summed E-state index contributed by atoms with van der Waals surface area (Å²) in [5, 5.41) is 6.42. The molecule has 0 aromatic heterocycles. The van der Waals surface area contributed by atoms with Gasteiger partial charge in [0, 0.05) is 23.8 Å². The smallest absolute Gasteiger partial charge is 0.251 e. The van der Waals surface area contributed by atoms with Crippen molar-refractivity contribution in [2.75, 3.05) is 11.9 Å². The van der Waals surface area contributed by atoms with Crippen molar-refractivity contribution in [3.8, 4) is 0 Å². The third-order valence-electron chi connectivity index (χ3n) is 3.37. The Morgan fingerprint density at radius 1 is 1.21 bits per heavy atom. The van der Waals surface area contributed by atoms with Crippen LogP contribution in [0.15, 0.2) is 18.2 Å². The highest BCUT2D eigenvalue weighted by atomic mass is 16.1. The molecule has 3 nitrogen and oxygen atoms in total. The van der Waals surface area contributed by atoms with Gasteiger partial charge in [-0.3, -0.25) is 4.79 Å². The highest BCUT2D eigenvalue weighted by Crippen LogP contribution is 2.16. The molecular weight excluding hydrogens is 236 g/mol. The summed E-state index contributed by atoms with van der Waals surface area (Å²) in [6, 6.07) is 6.11. The summed E-state index contributed by atoms with van der Waals surface area (Å²) in [6.45, 7) is 9.32. The van der Waals surface area contributed by atoms with Crippen LogP contribution >= 0.6 is 0 Å². The van der Waals surface area contributed by atoms with E-state index in [1.165, 1.54) is 0 Å². The molecule has 2 N–H and O–H groups in total. The second kappa shape index (κ2) is 7.82. The molecule has 1 aromatic rings. The molecule has 19 heavy (non-hydrogen) atoms. The Hall–Kier alpha value is -1.51. The van der Waals surface area contributed by atoms with Gasteiger partial charge in [-0.25, -0.2) is 0 Å². The van der Waals surface area contributed by atoms with Gasteiger partial charge in [0.05, 0.1) is 0 Å². The van der Waals surface area contributed by atoms with Crippen LogP contribution in [0.4, 0.5) is 5.69 Å². The van der Waals surface area contributed by atoms with Crippen LogP contribution in [0.3, 0.4) is 0 Å². The average Bonchev–Trinajstić information content (AvgIpc) is 2.43. The first-order chi connectivity index (χ1) is 9.12. The standard InChI is InChI=1S/C16H26N2O/c1-5-10-17-15-9-8-13(11-12(15)4)16(19)18-14(6-2)7-3/h8-9,11,14,17H,5-7,10H2,1-4H3,(H,18,19). The molecule has 0 fully saturated rings. The summed E-state index contributed by atoms with van der Waals surface area (Å²) in [7, 11) is 0. The van der Waals surface area contributed by atoms with Crippen LogP contribution in [-0.4, -0.2) is 18.5 Å². The summed E-state index contributed by atoms with van der Waals surface area (Å²) in [5.74, 6) is 0.0267.